The summed E-state index contributed by atoms with van der Waals surface area (Å²) in [6, 6.07) is 11.3. The van der Waals surface area contributed by atoms with Crippen LogP contribution >= 0.6 is 0 Å². The van der Waals surface area contributed by atoms with Gasteiger partial charge in [-0.25, -0.2) is 9.18 Å². The van der Waals surface area contributed by atoms with Crippen LogP contribution in [-0.4, -0.2) is 36.0 Å². The van der Waals surface area contributed by atoms with Crippen LogP contribution in [0.3, 0.4) is 0 Å². The van der Waals surface area contributed by atoms with E-state index < -0.39 is 5.97 Å². The smallest absolute Gasteiger partial charge is 0.333 e. The van der Waals surface area contributed by atoms with Crippen LogP contribution in [-0.2, 0) is 28.8 Å². The Labute approximate surface area is 184 Å². The van der Waals surface area contributed by atoms with E-state index >= 15 is 0 Å². The zero-order valence-corrected chi connectivity index (χ0v) is 18.5. The summed E-state index contributed by atoms with van der Waals surface area (Å²) in [5.74, 6) is -0.779. The van der Waals surface area contributed by atoms with Gasteiger partial charge in [0, 0.05) is 30.3 Å². The van der Waals surface area contributed by atoms with Gasteiger partial charge in [0.15, 0.2) is 0 Å². The van der Waals surface area contributed by atoms with E-state index in [1.54, 1.807) is 13.0 Å². The summed E-state index contributed by atoms with van der Waals surface area (Å²) in [6.07, 6.45) is 3.49. The molecule has 0 bridgehead atoms. The third-order valence-electron chi connectivity index (χ3n) is 5.42. The summed E-state index contributed by atoms with van der Waals surface area (Å²) in [5.41, 5.74) is 4.88. The van der Waals surface area contributed by atoms with E-state index in [1.807, 2.05) is 31.2 Å². The molecule has 0 atom stereocenters. The largest absolute Gasteiger partial charge is 0.462 e. The topological polar surface area (TPSA) is 66.8 Å². The molecule has 0 aliphatic heterocycles. The van der Waals surface area contributed by atoms with Crippen molar-refractivity contribution in [2.24, 2.45) is 5.92 Å². The molecule has 2 aromatic rings. The number of halogens is 1. The van der Waals surface area contributed by atoms with Crippen LogP contribution in [0.4, 0.5) is 4.39 Å². The molecule has 0 fully saturated rings. The first-order valence-corrected chi connectivity index (χ1v) is 10.8. The van der Waals surface area contributed by atoms with Crippen molar-refractivity contribution in [3.8, 4) is 11.1 Å². The summed E-state index contributed by atoms with van der Waals surface area (Å²) in [7, 11) is 0. The molecule has 0 aliphatic carbocycles. The van der Waals surface area contributed by atoms with Crippen molar-refractivity contribution in [1.29, 1.82) is 0 Å². The SMILES string of the molecule is C=C(C)C(=O)OCCCc1ccc(-c2ccc(CCC(CO)CO)cc2CC)c(F)c1. The van der Waals surface area contributed by atoms with E-state index in [4.69, 9.17) is 4.74 Å². The molecule has 168 valence electrons. The van der Waals surface area contributed by atoms with E-state index in [2.05, 4.69) is 12.6 Å². The number of carbonyl (C=O) groups is 1. The van der Waals surface area contributed by atoms with Gasteiger partial charge in [0.2, 0.25) is 0 Å². The van der Waals surface area contributed by atoms with E-state index in [1.165, 1.54) is 0 Å². The van der Waals surface area contributed by atoms with Gasteiger partial charge >= 0.3 is 5.97 Å². The molecule has 2 N–H and O–H groups in total. The van der Waals surface area contributed by atoms with Crippen LogP contribution < -0.4 is 0 Å². The summed E-state index contributed by atoms with van der Waals surface area (Å²) >= 11 is 0. The monoisotopic (exact) mass is 428 g/mol. The van der Waals surface area contributed by atoms with Gasteiger partial charge < -0.3 is 14.9 Å². The average molecular weight is 429 g/mol. The lowest BCUT2D eigenvalue weighted by Crippen LogP contribution is -2.12. The van der Waals surface area contributed by atoms with Gasteiger partial charge in [-0.05, 0) is 67.3 Å². The number of hydrogen-bond acceptors (Lipinski definition) is 4. The second-order valence-electron chi connectivity index (χ2n) is 7.95. The van der Waals surface area contributed by atoms with E-state index in [9.17, 15) is 19.4 Å². The van der Waals surface area contributed by atoms with Gasteiger partial charge in [0.25, 0.3) is 0 Å². The number of carbonyl (C=O) groups excluding carboxylic acids is 1. The Bertz CT molecular complexity index is 887. The number of aryl methyl sites for hydroxylation is 3. The Kier molecular flexibility index (Phi) is 9.89. The number of ether oxygens (including phenoxy) is 1. The highest BCUT2D eigenvalue weighted by Crippen LogP contribution is 2.29. The number of esters is 1. The van der Waals surface area contributed by atoms with Crippen LogP contribution in [0.5, 0.6) is 0 Å². The maximum Gasteiger partial charge on any atom is 0.333 e. The highest BCUT2D eigenvalue weighted by Gasteiger charge is 2.12. The normalized spacial score (nSPS) is 11.0. The van der Waals surface area contributed by atoms with Crippen LogP contribution in [0, 0.1) is 11.7 Å². The molecule has 0 amide bonds. The molecule has 0 unspecified atom stereocenters. The minimum Gasteiger partial charge on any atom is -0.462 e. The minimum absolute atomic E-state index is 0.0247. The molecule has 5 heteroatoms. The first-order chi connectivity index (χ1) is 14.9. The number of aliphatic hydroxyl groups excluding tert-OH is 2. The number of hydrogen-bond donors (Lipinski definition) is 2. The molecular formula is C26H33FO4. The molecule has 0 aromatic heterocycles. The lowest BCUT2D eigenvalue weighted by molar-refractivity contribution is -0.139. The summed E-state index contributed by atoms with van der Waals surface area (Å²) in [5, 5.41) is 18.5. The first kappa shape index (κ1) is 24.8. The van der Waals surface area contributed by atoms with Crippen molar-refractivity contribution in [3.05, 3.63) is 71.1 Å². The van der Waals surface area contributed by atoms with Crippen LogP contribution in [0.2, 0.25) is 0 Å². The Balaban J connectivity index is 2.06. The minimum atomic E-state index is -0.402. The van der Waals surface area contributed by atoms with E-state index in [0.29, 0.717) is 30.4 Å². The molecule has 0 saturated carbocycles. The fourth-order valence-electron chi connectivity index (χ4n) is 3.47. The van der Waals surface area contributed by atoms with Crippen molar-refractivity contribution >= 4 is 5.97 Å². The second kappa shape index (κ2) is 12.4. The summed E-state index contributed by atoms with van der Waals surface area (Å²) in [4.78, 5) is 11.4. The van der Waals surface area contributed by atoms with Crippen LogP contribution in [0.25, 0.3) is 11.1 Å². The Hall–Kier alpha value is -2.50. The molecule has 2 rings (SSSR count). The molecule has 0 spiro atoms. The molecule has 0 saturated heterocycles. The number of aliphatic hydroxyl groups is 2. The van der Waals surface area contributed by atoms with Gasteiger partial charge in [-0.3, -0.25) is 0 Å². The van der Waals surface area contributed by atoms with Crippen molar-refractivity contribution < 1.29 is 24.1 Å². The van der Waals surface area contributed by atoms with Crippen molar-refractivity contribution in [1.82, 2.24) is 0 Å². The summed E-state index contributed by atoms with van der Waals surface area (Å²) < 4.78 is 20.0. The average Bonchev–Trinajstić information content (AvgIpc) is 2.77. The van der Waals surface area contributed by atoms with Gasteiger partial charge in [0.1, 0.15) is 5.82 Å². The van der Waals surface area contributed by atoms with Crippen LogP contribution in [0.1, 0.15) is 43.4 Å². The first-order valence-electron chi connectivity index (χ1n) is 10.8. The molecular weight excluding hydrogens is 395 g/mol. The molecule has 2 aromatic carbocycles. The Morgan fingerprint density at radius 3 is 2.29 bits per heavy atom. The highest BCUT2D eigenvalue weighted by atomic mass is 19.1. The van der Waals surface area contributed by atoms with E-state index in [-0.39, 0.29) is 31.6 Å². The molecule has 31 heavy (non-hydrogen) atoms. The van der Waals surface area contributed by atoms with Gasteiger partial charge in [-0.15, -0.1) is 0 Å². The van der Waals surface area contributed by atoms with Crippen LogP contribution in [0.15, 0.2) is 48.6 Å². The van der Waals surface area contributed by atoms with Gasteiger partial charge in [0.05, 0.1) is 6.61 Å². The second-order valence-corrected chi connectivity index (χ2v) is 7.95. The summed E-state index contributed by atoms with van der Waals surface area (Å²) in [6.45, 7) is 7.43. The third kappa shape index (κ3) is 7.30. The zero-order valence-electron chi connectivity index (χ0n) is 18.5. The number of rotatable bonds is 12. The lowest BCUT2D eigenvalue weighted by atomic mass is 9.92. The van der Waals surface area contributed by atoms with Gasteiger partial charge in [-0.1, -0.05) is 43.8 Å². The standard InChI is InChI=1S/C26H33FO4/c1-4-22-14-20(7-8-21(16-28)17-29)9-11-23(22)24-12-10-19(15-25(24)27)6-5-13-31-26(30)18(2)3/h9-12,14-15,21,28-29H,2,4-8,13,16-17H2,1,3H3. The van der Waals surface area contributed by atoms with Crippen molar-refractivity contribution in [2.75, 3.05) is 19.8 Å². The lowest BCUT2D eigenvalue weighted by Gasteiger charge is -2.14. The maximum absolute atomic E-state index is 14.9. The van der Waals surface area contributed by atoms with Crippen molar-refractivity contribution in [3.63, 3.8) is 0 Å². The highest BCUT2D eigenvalue weighted by molar-refractivity contribution is 5.86. The predicted molar refractivity (Wildman–Crippen MR) is 121 cm³/mol. The molecule has 4 nitrogen and oxygen atoms in total. The molecule has 0 aliphatic rings. The van der Waals surface area contributed by atoms with Crippen molar-refractivity contribution in [2.45, 2.75) is 46.0 Å². The Morgan fingerprint density at radius 2 is 1.71 bits per heavy atom. The maximum atomic E-state index is 14.9. The Morgan fingerprint density at radius 1 is 1.06 bits per heavy atom. The fraction of sp³-hybridized carbons (Fsp3) is 0.423. The van der Waals surface area contributed by atoms with E-state index in [0.717, 1.165) is 35.1 Å². The molecule has 0 heterocycles. The fourth-order valence-corrected chi connectivity index (χ4v) is 3.47. The molecule has 0 radical (unpaired) electrons. The predicted octanol–water partition coefficient (Wildman–Crippen LogP) is 4.64. The number of benzene rings is 2. The quantitative estimate of drug-likeness (QED) is 0.294. The zero-order chi connectivity index (χ0) is 22.8. The third-order valence-corrected chi connectivity index (χ3v) is 5.42. The van der Waals surface area contributed by atoms with Gasteiger partial charge in [-0.2, -0.15) is 0 Å².